The first-order valence-corrected chi connectivity index (χ1v) is 6.71. The van der Waals surface area contributed by atoms with Gasteiger partial charge in [-0.15, -0.1) is 11.6 Å². The molecule has 5 nitrogen and oxygen atoms in total. The minimum absolute atomic E-state index is 0.0617. The smallest absolute Gasteiger partial charge is 0.308 e. The molecular formula is C12H20ClNO4. The maximum atomic E-state index is 11.7. The maximum absolute atomic E-state index is 11.7. The Morgan fingerprint density at radius 2 is 1.94 bits per heavy atom. The number of halogens is 1. The first-order chi connectivity index (χ1) is 8.63. The average Bonchev–Trinajstić information content (AvgIpc) is 2.43. The van der Waals surface area contributed by atoms with Gasteiger partial charge in [0, 0.05) is 12.6 Å². The number of aliphatic hydroxyl groups is 1. The fourth-order valence-electron chi connectivity index (χ4n) is 2.49. The van der Waals surface area contributed by atoms with E-state index in [0.29, 0.717) is 6.54 Å². The topological polar surface area (TPSA) is 66.8 Å². The molecule has 1 amide bonds. The summed E-state index contributed by atoms with van der Waals surface area (Å²) in [6.45, 7) is 0.235. The maximum Gasteiger partial charge on any atom is 0.308 e. The highest BCUT2D eigenvalue weighted by atomic mass is 35.5. The van der Waals surface area contributed by atoms with E-state index in [4.69, 9.17) is 21.4 Å². The van der Waals surface area contributed by atoms with E-state index in [2.05, 4.69) is 0 Å². The Balaban J connectivity index is 2.53. The van der Waals surface area contributed by atoms with Crippen molar-refractivity contribution in [3.63, 3.8) is 0 Å². The molecule has 1 aliphatic rings. The van der Waals surface area contributed by atoms with Crippen molar-refractivity contribution in [1.29, 1.82) is 0 Å². The van der Waals surface area contributed by atoms with Crippen LogP contribution in [-0.4, -0.2) is 54.1 Å². The molecule has 104 valence electrons. The molecule has 0 aromatic carbocycles. The first-order valence-electron chi connectivity index (χ1n) is 6.18. The van der Waals surface area contributed by atoms with Gasteiger partial charge in [0.15, 0.2) is 0 Å². The van der Waals surface area contributed by atoms with Gasteiger partial charge in [-0.25, -0.2) is 0 Å². The highest BCUT2D eigenvalue weighted by Gasteiger charge is 2.31. The second-order valence-electron chi connectivity index (χ2n) is 4.47. The second-order valence-corrected chi connectivity index (χ2v) is 4.74. The van der Waals surface area contributed by atoms with E-state index in [1.165, 1.54) is 7.11 Å². The quantitative estimate of drug-likeness (QED) is 0.596. The predicted octanol–water partition coefficient (Wildman–Crippen LogP) is 0.778. The number of carbonyl (C=O) groups excluding carboxylic acids is 2. The van der Waals surface area contributed by atoms with Gasteiger partial charge in [-0.05, 0) is 25.7 Å². The largest absolute Gasteiger partial charge is 0.469 e. The van der Waals surface area contributed by atoms with Gasteiger partial charge in [0.1, 0.15) is 5.88 Å². The Kier molecular flexibility index (Phi) is 6.43. The molecule has 0 atom stereocenters. The van der Waals surface area contributed by atoms with Gasteiger partial charge in [-0.2, -0.15) is 0 Å². The van der Waals surface area contributed by atoms with E-state index in [-0.39, 0.29) is 36.3 Å². The molecule has 0 aromatic rings. The van der Waals surface area contributed by atoms with Crippen LogP contribution in [-0.2, 0) is 14.3 Å². The average molecular weight is 278 g/mol. The van der Waals surface area contributed by atoms with E-state index < -0.39 is 0 Å². The summed E-state index contributed by atoms with van der Waals surface area (Å²) in [6, 6.07) is 0.0734. The number of carbonyl (C=O) groups is 2. The standard InChI is InChI=1S/C12H20ClNO4/c1-18-12(17)9-2-4-10(5-3-9)14(6-7-15)11(16)8-13/h9-10,15H,2-8H2,1H3. The minimum Gasteiger partial charge on any atom is -0.469 e. The highest BCUT2D eigenvalue weighted by Crippen LogP contribution is 2.28. The Morgan fingerprint density at radius 1 is 1.33 bits per heavy atom. The van der Waals surface area contributed by atoms with Gasteiger partial charge in [0.2, 0.25) is 5.91 Å². The molecule has 0 aliphatic heterocycles. The van der Waals surface area contributed by atoms with Crippen molar-refractivity contribution in [2.75, 3.05) is 26.1 Å². The van der Waals surface area contributed by atoms with Gasteiger partial charge in [-0.1, -0.05) is 0 Å². The van der Waals surface area contributed by atoms with Crippen molar-refractivity contribution < 1.29 is 19.4 Å². The summed E-state index contributed by atoms with van der Waals surface area (Å²) in [5.41, 5.74) is 0. The van der Waals surface area contributed by atoms with E-state index in [0.717, 1.165) is 25.7 Å². The first kappa shape index (κ1) is 15.2. The molecule has 0 saturated heterocycles. The van der Waals surface area contributed by atoms with Crippen molar-refractivity contribution >= 4 is 23.5 Å². The fourth-order valence-corrected chi connectivity index (χ4v) is 2.64. The van der Waals surface area contributed by atoms with Crippen LogP contribution >= 0.6 is 11.6 Å². The van der Waals surface area contributed by atoms with Gasteiger partial charge in [-0.3, -0.25) is 9.59 Å². The molecule has 1 N–H and O–H groups in total. The van der Waals surface area contributed by atoms with Gasteiger partial charge in [0.05, 0.1) is 19.6 Å². The molecule has 6 heteroatoms. The molecule has 0 radical (unpaired) electrons. The molecule has 0 heterocycles. The molecule has 1 rings (SSSR count). The van der Waals surface area contributed by atoms with Crippen LogP contribution in [0.2, 0.25) is 0 Å². The Bertz CT molecular complexity index is 290. The zero-order valence-corrected chi connectivity index (χ0v) is 11.4. The number of aliphatic hydroxyl groups excluding tert-OH is 1. The van der Waals surface area contributed by atoms with E-state index >= 15 is 0 Å². The summed E-state index contributed by atoms with van der Waals surface area (Å²) in [6.07, 6.45) is 2.94. The summed E-state index contributed by atoms with van der Waals surface area (Å²) >= 11 is 5.56. The van der Waals surface area contributed by atoms with Crippen LogP contribution in [0.25, 0.3) is 0 Å². The minimum atomic E-state index is -0.175. The summed E-state index contributed by atoms with van der Waals surface area (Å²) in [4.78, 5) is 24.7. The second kappa shape index (κ2) is 7.59. The van der Waals surface area contributed by atoms with Crippen molar-refractivity contribution in [2.24, 2.45) is 5.92 Å². The van der Waals surface area contributed by atoms with E-state index in [1.807, 2.05) is 0 Å². The lowest BCUT2D eigenvalue weighted by Crippen LogP contribution is -2.45. The van der Waals surface area contributed by atoms with E-state index in [1.54, 1.807) is 4.90 Å². The number of methoxy groups -OCH3 is 1. The Hall–Kier alpha value is -0.810. The van der Waals surface area contributed by atoms with Crippen LogP contribution < -0.4 is 0 Å². The summed E-state index contributed by atoms with van der Waals surface area (Å²) < 4.78 is 4.72. The predicted molar refractivity (Wildman–Crippen MR) is 67.3 cm³/mol. The van der Waals surface area contributed by atoms with Crippen LogP contribution in [0.3, 0.4) is 0 Å². The van der Waals surface area contributed by atoms with Crippen LogP contribution in [0.4, 0.5) is 0 Å². The summed E-state index contributed by atoms with van der Waals surface area (Å²) in [7, 11) is 1.39. The van der Waals surface area contributed by atoms with Gasteiger partial charge >= 0.3 is 5.97 Å². The van der Waals surface area contributed by atoms with Crippen molar-refractivity contribution in [1.82, 2.24) is 4.90 Å². The van der Waals surface area contributed by atoms with Crippen molar-refractivity contribution in [3.8, 4) is 0 Å². The van der Waals surface area contributed by atoms with Crippen molar-refractivity contribution in [2.45, 2.75) is 31.7 Å². The normalized spacial score (nSPS) is 23.5. The molecule has 1 aliphatic carbocycles. The SMILES string of the molecule is COC(=O)C1CCC(N(CCO)C(=O)CCl)CC1. The van der Waals surface area contributed by atoms with Gasteiger partial charge < -0.3 is 14.7 Å². The van der Waals surface area contributed by atoms with Crippen LogP contribution in [0.1, 0.15) is 25.7 Å². The number of hydrogen-bond acceptors (Lipinski definition) is 4. The summed E-state index contributed by atoms with van der Waals surface area (Å²) in [5.74, 6) is -0.469. The lowest BCUT2D eigenvalue weighted by atomic mass is 9.85. The molecule has 1 fully saturated rings. The number of esters is 1. The van der Waals surface area contributed by atoms with Gasteiger partial charge in [0.25, 0.3) is 0 Å². The van der Waals surface area contributed by atoms with Crippen LogP contribution in [0.15, 0.2) is 0 Å². The molecule has 0 aromatic heterocycles. The number of ether oxygens (including phenoxy) is 1. The molecular weight excluding hydrogens is 258 g/mol. The third-order valence-electron chi connectivity index (χ3n) is 3.45. The number of hydrogen-bond donors (Lipinski definition) is 1. The Morgan fingerprint density at radius 3 is 2.39 bits per heavy atom. The summed E-state index contributed by atoms with van der Waals surface area (Å²) in [5, 5.41) is 8.98. The number of amides is 1. The molecule has 0 unspecified atom stereocenters. The Labute approximate surface area is 112 Å². The number of rotatable bonds is 5. The lowest BCUT2D eigenvalue weighted by Gasteiger charge is -2.35. The van der Waals surface area contributed by atoms with Crippen LogP contribution in [0, 0.1) is 5.92 Å². The third-order valence-corrected chi connectivity index (χ3v) is 3.68. The molecule has 0 bridgehead atoms. The zero-order valence-electron chi connectivity index (χ0n) is 10.6. The fraction of sp³-hybridized carbons (Fsp3) is 0.833. The number of nitrogens with zero attached hydrogens (tertiary/aromatic N) is 1. The monoisotopic (exact) mass is 277 g/mol. The molecule has 18 heavy (non-hydrogen) atoms. The third kappa shape index (κ3) is 3.85. The lowest BCUT2D eigenvalue weighted by molar-refractivity contribution is -0.147. The molecule has 1 saturated carbocycles. The van der Waals surface area contributed by atoms with E-state index in [9.17, 15) is 9.59 Å². The highest BCUT2D eigenvalue weighted by molar-refractivity contribution is 6.27. The van der Waals surface area contributed by atoms with Crippen molar-refractivity contribution in [3.05, 3.63) is 0 Å². The zero-order chi connectivity index (χ0) is 13.5. The molecule has 0 spiro atoms. The van der Waals surface area contributed by atoms with Crippen LogP contribution in [0.5, 0.6) is 0 Å². The number of alkyl halides is 1.